The molecule has 0 radical (unpaired) electrons. The van der Waals surface area contributed by atoms with Gasteiger partial charge in [-0.1, -0.05) is 30.9 Å². The number of hydrogen-bond donors (Lipinski definition) is 1. The Labute approximate surface area is 95.6 Å². The first-order valence-electron chi connectivity index (χ1n) is 5.57. The quantitative estimate of drug-likeness (QED) is 0.842. The van der Waals surface area contributed by atoms with E-state index in [4.69, 9.17) is 17.3 Å². The maximum absolute atomic E-state index is 6.16. The summed E-state index contributed by atoms with van der Waals surface area (Å²) in [5, 5.41) is 0.629. The minimum atomic E-state index is 0.0700. The van der Waals surface area contributed by atoms with Gasteiger partial charge in [-0.15, -0.1) is 0 Å². The molecule has 15 heavy (non-hydrogen) atoms. The maximum Gasteiger partial charge on any atom is 0.150 e. The van der Waals surface area contributed by atoms with E-state index in [2.05, 4.69) is 4.98 Å². The van der Waals surface area contributed by atoms with Gasteiger partial charge < -0.3 is 10.3 Å². The summed E-state index contributed by atoms with van der Waals surface area (Å²) in [7, 11) is 2.00. The zero-order valence-electron chi connectivity index (χ0n) is 9.17. The Morgan fingerprint density at radius 3 is 2.60 bits per heavy atom. The van der Waals surface area contributed by atoms with Crippen molar-refractivity contribution in [3.63, 3.8) is 0 Å². The van der Waals surface area contributed by atoms with E-state index in [1.165, 1.54) is 19.3 Å². The number of nitrogens with two attached hydrogens (primary N) is 1. The van der Waals surface area contributed by atoms with E-state index < -0.39 is 0 Å². The molecule has 0 bridgehead atoms. The van der Waals surface area contributed by atoms with Crippen molar-refractivity contribution in [1.29, 1.82) is 0 Å². The normalized spacial score (nSPS) is 20.5. The highest BCUT2D eigenvalue weighted by Gasteiger charge is 2.36. The molecule has 2 rings (SSSR count). The van der Waals surface area contributed by atoms with Crippen LogP contribution in [-0.4, -0.2) is 16.1 Å². The molecule has 1 fully saturated rings. The highest BCUT2D eigenvalue weighted by Crippen LogP contribution is 2.40. The molecule has 1 heterocycles. The highest BCUT2D eigenvalue weighted by atomic mass is 35.5. The smallest absolute Gasteiger partial charge is 0.150 e. The van der Waals surface area contributed by atoms with E-state index in [-0.39, 0.29) is 5.41 Å². The topological polar surface area (TPSA) is 43.8 Å². The number of rotatable bonds is 2. The van der Waals surface area contributed by atoms with Crippen molar-refractivity contribution in [1.82, 2.24) is 9.55 Å². The fourth-order valence-corrected chi connectivity index (χ4v) is 3.14. The van der Waals surface area contributed by atoms with Gasteiger partial charge in [0.15, 0.2) is 5.15 Å². The van der Waals surface area contributed by atoms with Crippen molar-refractivity contribution >= 4 is 11.6 Å². The molecule has 0 amide bonds. The Morgan fingerprint density at radius 1 is 1.47 bits per heavy atom. The Morgan fingerprint density at radius 2 is 2.13 bits per heavy atom. The second kappa shape index (κ2) is 4.14. The van der Waals surface area contributed by atoms with Gasteiger partial charge in [0.05, 0.1) is 12.0 Å². The van der Waals surface area contributed by atoms with Crippen LogP contribution in [0.1, 0.15) is 37.8 Å². The fraction of sp³-hybridized carbons (Fsp3) is 0.727. The summed E-state index contributed by atoms with van der Waals surface area (Å²) in [6, 6.07) is 0. The van der Waals surface area contributed by atoms with Crippen molar-refractivity contribution in [2.45, 2.75) is 37.5 Å². The van der Waals surface area contributed by atoms with Crippen LogP contribution in [0.25, 0.3) is 0 Å². The van der Waals surface area contributed by atoms with Gasteiger partial charge in [0.2, 0.25) is 0 Å². The SMILES string of the molecule is Cn1cnc(Cl)c1C1(CN)CCCCC1. The van der Waals surface area contributed by atoms with Crippen LogP contribution in [0.2, 0.25) is 5.15 Å². The number of nitrogens with zero attached hydrogens (tertiary/aromatic N) is 2. The van der Waals surface area contributed by atoms with Gasteiger partial charge in [-0.25, -0.2) is 4.98 Å². The molecule has 1 aliphatic carbocycles. The van der Waals surface area contributed by atoms with Gasteiger partial charge in [-0.3, -0.25) is 0 Å². The summed E-state index contributed by atoms with van der Waals surface area (Å²) in [6.45, 7) is 0.673. The molecular weight excluding hydrogens is 210 g/mol. The lowest BCUT2D eigenvalue weighted by Gasteiger charge is -2.36. The number of halogens is 1. The van der Waals surface area contributed by atoms with Crippen molar-refractivity contribution in [3.05, 3.63) is 17.2 Å². The van der Waals surface area contributed by atoms with Gasteiger partial charge in [0, 0.05) is 19.0 Å². The summed E-state index contributed by atoms with van der Waals surface area (Å²) in [4.78, 5) is 4.16. The predicted octanol–water partition coefficient (Wildman–Crippen LogP) is 2.23. The molecule has 0 unspecified atom stereocenters. The molecule has 3 nitrogen and oxygen atoms in total. The monoisotopic (exact) mass is 227 g/mol. The second-order valence-electron chi connectivity index (χ2n) is 4.54. The minimum Gasteiger partial charge on any atom is -0.336 e. The van der Waals surface area contributed by atoms with Gasteiger partial charge in [-0.2, -0.15) is 0 Å². The van der Waals surface area contributed by atoms with Gasteiger partial charge in [-0.05, 0) is 12.8 Å². The lowest BCUT2D eigenvalue weighted by molar-refractivity contribution is 0.288. The summed E-state index contributed by atoms with van der Waals surface area (Å²) in [5.74, 6) is 0. The van der Waals surface area contributed by atoms with E-state index in [0.29, 0.717) is 11.7 Å². The average Bonchev–Trinajstić information content (AvgIpc) is 2.60. The third-order valence-corrected chi connectivity index (χ3v) is 3.87. The maximum atomic E-state index is 6.16. The van der Waals surface area contributed by atoms with E-state index in [1.807, 2.05) is 11.6 Å². The minimum absolute atomic E-state index is 0.0700. The molecular formula is C11H18ClN3. The second-order valence-corrected chi connectivity index (χ2v) is 4.90. The third-order valence-electron chi connectivity index (χ3n) is 3.60. The number of hydrogen-bond acceptors (Lipinski definition) is 2. The number of imidazole rings is 1. The van der Waals surface area contributed by atoms with Gasteiger partial charge in [0.1, 0.15) is 0 Å². The largest absolute Gasteiger partial charge is 0.336 e. The zero-order chi connectivity index (χ0) is 10.9. The number of aromatic nitrogens is 2. The van der Waals surface area contributed by atoms with Crippen molar-refractivity contribution in [2.75, 3.05) is 6.54 Å². The first-order valence-corrected chi connectivity index (χ1v) is 5.95. The Hall–Kier alpha value is -0.540. The van der Waals surface area contributed by atoms with Crippen LogP contribution in [0.3, 0.4) is 0 Å². The predicted molar refractivity (Wildman–Crippen MR) is 62.0 cm³/mol. The highest BCUT2D eigenvalue weighted by molar-refractivity contribution is 6.30. The van der Waals surface area contributed by atoms with Crippen LogP contribution in [0.4, 0.5) is 0 Å². The molecule has 2 N–H and O–H groups in total. The van der Waals surface area contributed by atoms with Gasteiger partial charge in [0.25, 0.3) is 0 Å². The average molecular weight is 228 g/mol. The van der Waals surface area contributed by atoms with Crippen molar-refractivity contribution in [2.24, 2.45) is 12.8 Å². The molecule has 0 atom stereocenters. The summed E-state index contributed by atoms with van der Waals surface area (Å²) in [6.07, 6.45) is 7.88. The summed E-state index contributed by atoms with van der Waals surface area (Å²) in [5.41, 5.74) is 7.17. The van der Waals surface area contributed by atoms with Crippen molar-refractivity contribution in [3.8, 4) is 0 Å². The van der Waals surface area contributed by atoms with Crippen LogP contribution in [0.5, 0.6) is 0 Å². The molecule has 0 spiro atoms. The Bertz CT molecular complexity index is 320. The molecule has 1 aromatic rings. The number of aryl methyl sites for hydroxylation is 1. The lowest BCUT2D eigenvalue weighted by atomic mass is 9.72. The fourth-order valence-electron chi connectivity index (χ4n) is 2.76. The Kier molecular flexibility index (Phi) is 3.03. The molecule has 1 saturated carbocycles. The van der Waals surface area contributed by atoms with Crippen LogP contribution < -0.4 is 5.73 Å². The molecule has 84 valence electrons. The third kappa shape index (κ3) is 1.79. The van der Waals surface area contributed by atoms with Crippen LogP contribution in [0, 0.1) is 0 Å². The molecule has 1 aliphatic rings. The lowest BCUT2D eigenvalue weighted by Crippen LogP contribution is -2.39. The zero-order valence-corrected chi connectivity index (χ0v) is 9.93. The van der Waals surface area contributed by atoms with Crippen LogP contribution in [-0.2, 0) is 12.5 Å². The van der Waals surface area contributed by atoms with Crippen molar-refractivity contribution < 1.29 is 0 Å². The standard InChI is InChI=1S/C11H18ClN3/c1-15-8-14-10(12)9(15)11(7-13)5-3-2-4-6-11/h8H,2-7,13H2,1H3. The summed E-state index contributed by atoms with van der Waals surface area (Å²) >= 11 is 6.16. The van der Waals surface area contributed by atoms with E-state index >= 15 is 0 Å². The molecule has 0 saturated heterocycles. The molecule has 1 aromatic heterocycles. The summed E-state index contributed by atoms with van der Waals surface area (Å²) < 4.78 is 2.03. The van der Waals surface area contributed by atoms with Crippen LogP contribution >= 0.6 is 11.6 Å². The van der Waals surface area contributed by atoms with Gasteiger partial charge >= 0.3 is 0 Å². The van der Waals surface area contributed by atoms with E-state index in [0.717, 1.165) is 18.5 Å². The molecule has 0 aliphatic heterocycles. The first kappa shape index (κ1) is 11.0. The van der Waals surface area contributed by atoms with E-state index in [1.54, 1.807) is 6.33 Å². The first-order chi connectivity index (χ1) is 7.19. The molecule has 4 heteroatoms. The Balaban J connectivity index is 2.40. The molecule has 0 aromatic carbocycles. The van der Waals surface area contributed by atoms with E-state index in [9.17, 15) is 0 Å². The van der Waals surface area contributed by atoms with Crippen LogP contribution in [0.15, 0.2) is 6.33 Å².